The molecule has 2 aromatic rings. The van der Waals surface area contributed by atoms with Gasteiger partial charge in [0.25, 0.3) is 0 Å². The standard InChI is InChI=1S/C29H34Cl2N2O5/c1-17(12-23(18-8-10-20(30)11-9-18)33-16-28(2,3)38-27(33)37)25-22(19-6-5-7-21(31)13-19)14-29(4,15-24(34)35)26(36)32-25/h5-11,13,17,22-23,25H,12,14-16H2,1-4H3,(H,32,36)(H,34,35). The highest BCUT2D eigenvalue weighted by molar-refractivity contribution is 6.30. The van der Waals surface area contributed by atoms with Crippen LogP contribution < -0.4 is 5.32 Å². The lowest BCUT2D eigenvalue weighted by molar-refractivity contribution is -0.147. The van der Waals surface area contributed by atoms with Gasteiger partial charge in [0.15, 0.2) is 0 Å². The molecule has 2 heterocycles. The SMILES string of the molecule is CC(CC(c1ccc(Cl)cc1)N1CC(C)(C)OC1=O)C1NC(=O)C(C)(CC(=O)O)CC1c1cccc(Cl)c1. The van der Waals surface area contributed by atoms with E-state index in [2.05, 4.69) is 12.2 Å². The van der Waals surface area contributed by atoms with Gasteiger partial charge in [-0.05, 0) is 68.0 Å². The van der Waals surface area contributed by atoms with Crippen molar-refractivity contribution < 1.29 is 24.2 Å². The molecule has 2 saturated heterocycles. The Morgan fingerprint density at radius 2 is 1.82 bits per heavy atom. The molecule has 0 spiro atoms. The first-order valence-corrected chi connectivity index (χ1v) is 13.6. The number of carboxylic acid groups (broad SMARTS) is 1. The van der Waals surface area contributed by atoms with E-state index in [1.807, 2.05) is 44.2 Å². The number of cyclic esters (lactones) is 1. The zero-order valence-electron chi connectivity index (χ0n) is 22.0. The van der Waals surface area contributed by atoms with E-state index in [-0.39, 0.29) is 42.3 Å². The first-order valence-electron chi connectivity index (χ1n) is 12.8. The molecule has 0 radical (unpaired) electrons. The number of rotatable bonds is 8. The highest BCUT2D eigenvalue weighted by Gasteiger charge is 2.48. The maximum atomic E-state index is 13.3. The summed E-state index contributed by atoms with van der Waals surface area (Å²) >= 11 is 12.5. The van der Waals surface area contributed by atoms with Crippen molar-refractivity contribution in [2.45, 2.75) is 70.6 Å². The van der Waals surface area contributed by atoms with Crippen molar-refractivity contribution in [3.63, 3.8) is 0 Å². The molecule has 2 fully saturated rings. The van der Waals surface area contributed by atoms with E-state index in [0.29, 0.717) is 29.4 Å². The summed E-state index contributed by atoms with van der Waals surface area (Å²) in [5.41, 5.74) is 0.183. The normalized spacial score (nSPS) is 26.4. The average molecular weight is 562 g/mol. The summed E-state index contributed by atoms with van der Waals surface area (Å²) in [6.07, 6.45) is 0.268. The molecule has 204 valence electrons. The topological polar surface area (TPSA) is 95.9 Å². The molecule has 5 unspecified atom stereocenters. The predicted molar refractivity (Wildman–Crippen MR) is 146 cm³/mol. The number of carbonyl (C=O) groups is 3. The van der Waals surface area contributed by atoms with Crippen molar-refractivity contribution in [1.29, 1.82) is 0 Å². The maximum Gasteiger partial charge on any atom is 0.411 e. The van der Waals surface area contributed by atoms with Crippen LogP contribution in [-0.2, 0) is 14.3 Å². The monoisotopic (exact) mass is 560 g/mol. The van der Waals surface area contributed by atoms with E-state index < -0.39 is 17.0 Å². The number of carboxylic acids is 1. The first kappa shape index (κ1) is 28.2. The Bertz CT molecular complexity index is 1220. The number of piperidine rings is 1. The summed E-state index contributed by atoms with van der Waals surface area (Å²) in [5, 5.41) is 13.9. The van der Waals surface area contributed by atoms with Crippen LogP contribution in [0.4, 0.5) is 4.79 Å². The number of halogens is 2. The number of carbonyl (C=O) groups excluding carboxylic acids is 2. The third-order valence-corrected chi connectivity index (χ3v) is 8.24. The molecule has 9 heteroatoms. The second-order valence-corrected chi connectivity index (χ2v) is 12.4. The van der Waals surface area contributed by atoms with Crippen LogP contribution in [0.25, 0.3) is 0 Å². The number of amides is 2. The van der Waals surface area contributed by atoms with Crippen molar-refractivity contribution in [1.82, 2.24) is 10.2 Å². The summed E-state index contributed by atoms with van der Waals surface area (Å²) in [6.45, 7) is 7.95. The smallest absolute Gasteiger partial charge is 0.411 e. The van der Waals surface area contributed by atoms with Crippen LogP contribution in [-0.4, -0.2) is 46.2 Å². The summed E-state index contributed by atoms with van der Waals surface area (Å²) in [7, 11) is 0. The largest absolute Gasteiger partial charge is 0.481 e. The lowest BCUT2D eigenvalue weighted by atomic mass is 9.67. The van der Waals surface area contributed by atoms with Crippen LogP contribution in [0.3, 0.4) is 0 Å². The highest BCUT2D eigenvalue weighted by atomic mass is 35.5. The Labute approximate surface area is 233 Å². The Morgan fingerprint density at radius 1 is 1.13 bits per heavy atom. The van der Waals surface area contributed by atoms with Crippen molar-refractivity contribution in [3.05, 3.63) is 69.7 Å². The van der Waals surface area contributed by atoms with Gasteiger partial charge >= 0.3 is 12.1 Å². The Morgan fingerprint density at radius 3 is 2.39 bits per heavy atom. The molecule has 2 aliphatic rings. The van der Waals surface area contributed by atoms with E-state index in [4.69, 9.17) is 27.9 Å². The number of benzene rings is 2. The molecule has 0 bridgehead atoms. The Balaban J connectivity index is 1.68. The van der Waals surface area contributed by atoms with Crippen LogP contribution in [0.15, 0.2) is 48.5 Å². The van der Waals surface area contributed by atoms with Gasteiger partial charge in [0.05, 0.1) is 24.4 Å². The minimum atomic E-state index is -1.06. The highest BCUT2D eigenvalue weighted by Crippen LogP contribution is 2.45. The fourth-order valence-corrected chi connectivity index (χ4v) is 6.21. The molecule has 7 nitrogen and oxygen atoms in total. The molecule has 4 rings (SSSR count). The molecule has 0 saturated carbocycles. The van der Waals surface area contributed by atoms with Crippen molar-refractivity contribution in [2.24, 2.45) is 11.3 Å². The van der Waals surface area contributed by atoms with Crippen molar-refractivity contribution in [3.8, 4) is 0 Å². The Hall–Kier alpha value is -2.77. The van der Waals surface area contributed by atoms with Gasteiger partial charge in [-0.2, -0.15) is 0 Å². The van der Waals surface area contributed by atoms with Crippen molar-refractivity contribution in [2.75, 3.05) is 6.54 Å². The van der Waals surface area contributed by atoms with E-state index in [1.54, 1.807) is 30.0 Å². The Kier molecular flexibility index (Phi) is 8.01. The number of aliphatic carboxylic acids is 1. The van der Waals surface area contributed by atoms with Gasteiger partial charge in [0.2, 0.25) is 5.91 Å². The molecule has 5 atom stereocenters. The van der Waals surface area contributed by atoms with Gasteiger partial charge in [-0.3, -0.25) is 14.5 Å². The third kappa shape index (κ3) is 6.10. The summed E-state index contributed by atoms with van der Waals surface area (Å²) in [5.74, 6) is -1.55. The molecule has 2 amide bonds. The fourth-order valence-electron chi connectivity index (χ4n) is 5.89. The lowest BCUT2D eigenvalue weighted by Crippen LogP contribution is -2.56. The van der Waals surface area contributed by atoms with Crippen molar-refractivity contribution >= 4 is 41.2 Å². The van der Waals surface area contributed by atoms with E-state index >= 15 is 0 Å². The minimum Gasteiger partial charge on any atom is -0.481 e. The van der Waals surface area contributed by atoms with Gasteiger partial charge in [-0.15, -0.1) is 0 Å². The van der Waals surface area contributed by atoms with Gasteiger partial charge in [-0.1, -0.05) is 61.3 Å². The van der Waals surface area contributed by atoms with Crippen LogP contribution in [0.2, 0.25) is 10.0 Å². The quantitative estimate of drug-likeness (QED) is 0.387. The van der Waals surface area contributed by atoms with E-state index in [1.165, 1.54) is 0 Å². The van der Waals surface area contributed by atoms with Crippen LogP contribution in [0, 0.1) is 11.3 Å². The minimum absolute atomic E-state index is 0.0884. The zero-order valence-corrected chi connectivity index (χ0v) is 23.6. The van der Waals surface area contributed by atoms with E-state index in [0.717, 1.165) is 11.1 Å². The zero-order chi connectivity index (χ0) is 27.8. The molecule has 2 aromatic carbocycles. The molecule has 2 N–H and O–H groups in total. The average Bonchev–Trinajstić information content (AvgIpc) is 3.10. The summed E-state index contributed by atoms with van der Waals surface area (Å²) in [6, 6.07) is 14.3. The number of ether oxygens (including phenoxy) is 1. The molecular weight excluding hydrogens is 527 g/mol. The number of nitrogens with one attached hydrogen (secondary N) is 1. The fraction of sp³-hybridized carbons (Fsp3) is 0.483. The van der Waals surface area contributed by atoms with Crippen LogP contribution >= 0.6 is 23.2 Å². The third-order valence-electron chi connectivity index (χ3n) is 7.76. The summed E-state index contributed by atoms with van der Waals surface area (Å²) < 4.78 is 5.62. The van der Waals surface area contributed by atoms with Crippen LogP contribution in [0.1, 0.15) is 70.0 Å². The first-order chi connectivity index (χ1) is 17.8. The molecule has 2 aliphatic heterocycles. The molecular formula is C29H34Cl2N2O5. The number of hydrogen-bond acceptors (Lipinski definition) is 4. The molecule has 0 aliphatic carbocycles. The van der Waals surface area contributed by atoms with Gasteiger partial charge < -0.3 is 15.2 Å². The molecule has 0 aromatic heterocycles. The predicted octanol–water partition coefficient (Wildman–Crippen LogP) is 6.44. The van der Waals surface area contributed by atoms with Gasteiger partial charge in [0, 0.05) is 22.0 Å². The van der Waals surface area contributed by atoms with Crippen LogP contribution in [0.5, 0.6) is 0 Å². The second-order valence-electron chi connectivity index (χ2n) is 11.5. The summed E-state index contributed by atoms with van der Waals surface area (Å²) in [4.78, 5) is 39.6. The van der Waals surface area contributed by atoms with E-state index in [9.17, 15) is 19.5 Å². The number of hydrogen-bond donors (Lipinski definition) is 2. The van der Waals surface area contributed by atoms with Gasteiger partial charge in [-0.25, -0.2) is 4.79 Å². The number of nitrogens with zero attached hydrogens (tertiary/aromatic N) is 1. The molecule has 38 heavy (non-hydrogen) atoms. The lowest BCUT2D eigenvalue weighted by Gasteiger charge is -2.45. The maximum absolute atomic E-state index is 13.3. The van der Waals surface area contributed by atoms with Gasteiger partial charge in [0.1, 0.15) is 5.60 Å². The second kappa shape index (κ2) is 10.8.